The van der Waals surface area contributed by atoms with E-state index >= 15 is 0 Å². The number of carbonyl (C=O) groups is 1. The molecule has 5 nitrogen and oxygen atoms in total. The van der Waals surface area contributed by atoms with Crippen LogP contribution in [0.2, 0.25) is 0 Å². The summed E-state index contributed by atoms with van der Waals surface area (Å²) in [5.41, 5.74) is 0.905. The maximum atomic E-state index is 10.6. The fourth-order valence-corrected chi connectivity index (χ4v) is 1.06. The Morgan fingerprint density at radius 2 is 2.17 bits per heavy atom. The van der Waals surface area contributed by atoms with Crippen LogP contribution < -0.4 is 0 Å². The molecule has 2 N–H and O–H groups in total. The highest BCUT2D eigenvalue weighted by Gasteiger charge is 2.09. The van der Waals surface area contributed by atoms with Crippen molar-refractivity contribution >= 4 is 16.9 Å². The molecular weight excluding hydrogens is 158 g/mol. The quantitative estimate of drug-likeness (QED) is 0.647. The molecule has 12 heavy (non-hydrogen) atoms. The summed E-state index contributed by atoms with van der Waals surface area (Å²) in [6.45, 7) is 0. The summed E-state index contributed by atoms with van der Waals surface area (Å²) in [5, 5.41) is 16.5. The molecule has 5 heteroatoms. The number of nitrogens with one attached hydrogen (secondary N) is 1. The van der Waals surface area contributed by atoms with Crippen molar-refractivity contribution in [3.8, 4) is 0 Å². The van der Waals surface area contributed by atoms with Crippen LogP contribution in [0.3, 0.4) is 0 Å². The van der Waals surface area contributed by atoms with Gasteiger partial charge in [0.15, 0.2) is 0 Å². The van der Waals surface area contributed by atoms with E-state index in [9.17, 15) is 4.79 Å². The third-order valence-electron chi connectivity index (χ3n) is 1.62. The molecule has 2 heterocycles. The zero-order valence-corrected chi connectivity index (χ0v) is 5.98. The van der Waals surface area contributed by atoms with Crippen LogP contribution in [-0.2, 0) is 0 Å². The van der Waals surface area contributed by atoms with Crippen LogP contribution in [0.4, 0.5) is 0 Å². The standard InChI is InChI=1S/C7H5N3O2/c11-7(12)5-1-8-6-3-10-9-2-4(5)6/h1-3,8H,(H,11,12). The van der Waals surface area contributed by atoms with Gasteiger partial charge in [0.05, 0.1) is 23.5 Å². The molecule has 0 aliphatic rings. The van der Waals surface area contributed by atoms with E-state index in [-0.39, 0.29) is 5.56 Å². The number of fused-ring (bicyclic) bond motifs is 1. The van der Waals surface area contributed by atoms with Gasteiger partial charge in [-0.05, 0) is 0 Å². The average Bonchev–Trinajstić information content (AvgIpc) is 2.47. The van der Waals surface area contributed by atoms with Gasteiger partial charge in [-0.3, -0.25) is 0 Å². The van der Waals surface area contributed by atoms with Crippen molar-refractivity contribution in [1.82, 2.24) is 15.2 Å². The van der Waals surface area contributed by atoms with Gasteiger partial charge in [-0.2, -0.15) is 10.2 Å². The second kappa shape index (κ2) is 2.30. The molecular formula is C7H5N3O2. The third kappa shape index (κ3) is 0.833. The second-order valence-electron chi connectivity index (χ2n) is 2.32. The Bertz CT molecular complexity index is 435. The first-order valence-electron chi connectivity index (χ1n) is 3.30. The number of H-pyrrole nitrogens is 1. The lowest BCUT2D eigenvalue weighted by Gasteiger charge is -1.88. The third-order valence-corrected chi connectivity index (χ3v) is 1.62. The molecule has 0 radical (unpaired) electrons. The zero-order chi connectivity index (χ0) is 8.55. The maximum Gasteiger partial charge on any atom is 0.337 e. The van der Waals surface area contributed by atoms with Gasteiger partial charge in [-0.15, -0.1) is 0 Å². The number of hydrogen-bond acceptors (Lipinski definition) is 3. The number of hydrogen-bond donors (Lipinski definition) is 2. The molecule has 60 valence electrons. The van der Waals surface area contributed by atoms with Crippen molar-refractivity contribution in [2.45, 2.75) is 0 Å². The van der Waals surface area contributed by atoms with Crippen molar-refractivity contribution < 1.29 is 9.90 Å². The monoisotopic (exact) mass is 163 g/mol. The molecule has 0 aliphatic carbocycles. The van der Waals surface area contributed by atoms with E-state index in [0.29, 0.717) is 10.9 Å². The molecule has 2 aromatic heterocycles. The van der Waals surface area contributed by atoms with Gasteiger partial charge in [0.25, 0.3) is 0 Å². The number of nitrogens with zero attached hydrogens (tertiary/aromatic N) is 2. The molecule has 2 rings (SSSR count). The predicted molar refractivity (Wildman–Crippen MR) is 40.8 cm³/mol. The molecule has 0 bridgehead atoms. The van der Waals surface area contributed by atoms with Gasteiger partial charge in [-0.1, -0.05) is 0 Å². The van der Waals surface area contributed by atoms with Gasteiger partial charge in [-0.25, -0.2) is 4.79 Å². The van der Waals surface area contributed by atoms with Gasteiger partial charge >= 0.3 is 5.97 Å². The summed E-state index contributed by atoms with van der Waals surface area (Å²) >= 11 is 0. The normalized spacial score (nSPS) is 10.3. The summed E-state index contributed by atoms with van der Waals surface area (Å²) < 4.78 is 0. The van der Waals surface area contributed by atoms with Crippen molar-refractivity contribution in [1.29, 1.82) is 0 Å². The van der Waals surface area contributed by atoms with Gasteiger partial charge < -0.3 is 10.1 Å². The summed E-state index contributed by atoms with van der Waals surface area (Å²) in [6, 6.07) is 0. The number of carboxylic acid groups (broad SMARTS) is 1. The lowest BCUT2D eigenvalue weighted by molar-refractivity contribution is 0.0699. The Balaban J connectivity index is 2.79. The van der Waals surface area contributed by atoms with Gasteiger partial charge in [0.2, 0.25) is 0 Å². The van der Waals surface area contributed by atoms with Crippen molar-refractivity contribution in [2.75, 3.05) is 0 Å². The summed E-state index contributed by atoms with van der Waals surface area (Å²) in [7, 11) is 0. The van der Waals surface area contributed by atoms with Crippen molar-refractivity contribution in [3.05, 3.63) is 24.2 Å². The molecule has 0 amide bonds. The number of aromatic amines is 1. The summed E-state index contributed by atoms with van der Waals surface area (Å²) in [6.07, 6.45) is 4.34. The molecule has 0 unspecified atom stereocenters. The van der Waals surface area contributed by atoms with Crippen LogP contribution >= 0.6 is 0 Å². The molecule has 0 atom stereocenters. The number of aromatic nitrogens is 3. The van der Waals surface area contributed by atoms with E-state index in [1.165, 1.54) is 18.6 Å². The Morgan fingerprint density at radius 1 is 1.42 bits per heavy atom. The first-order valence-corrected chi connectivity index (χ1v) is 3.30. The van der Waals surface area contributed by atoms with Crippen LogP contribution in [0.1, 0.15) is 10.4 Å². The Labute approximate surface area is 67.1 Å². The fourth-order valence-electron chi connectivity index (χ4n) is 1.06. The van der Waals surface area contributed by atoms with E-state index in [4.69, 9.17) is 5.11 Å². The smallest absolute Gasteiger partial charge is 0.337 e. The first-order chi connectivity index (χ1) is 5.79. The first kappa shape index (κ1) is 6.78. The van der Waals surface area contributed by atoms with Crippen molar-refractivity contribution in [2.24, 2.45) is 0 Å². The van der Waals surface area contributed by atoms with Crippen LogP contribution in [0.25, 0.3) is 10.9 Å². The van der Waals surface area contributed by atoms with Gasteiger partial charge in [0, 0.05) is 11.6 Å². The van der Waals surface area contributed by atoms with E-state index in [1.807, 2.05) is 0 Å². The lowest BCUT2D eigenvalue weighted by atomic mass is 10.2. The molecule has 0 saturated heterocycles. The number of rotatable bonds is 1. The Hall–Kier alpha value is -1.91. The molecule has 0 aromatic carbocycles. The summed E-state index contributed by atoms with van der Waals surface area (Å²) in [5.74, 6) is -0.964. The minimum Gasteiger partial charge on any atom is -0.478 e. The molecule has 2 aromatic rings. The van der Waals surface area contributed by atoms with E-state index < -0.39 is 5.97 Å². The zero-order valence-electron chi connectivity index (χ0n) is 5.98. The lowest BCUT2D eigenvalue weighted by Crippen LogP contribution is -1.93. The van der Waals surface area contributed by atoms with E-state index in [1.54, 1.807) is 0 Å². The SMILES string of the molecule is O=C(O)c1c[nH]c2cnncc12. The largest absolute Gasteiger partial charge is 0.478 e. The Kier molecular flexibility index (Phi) is 1.30. The maximum absolute atomic E-state index is 10.6. The highest BCUT2D eigenvalue weighted by molar-refractivity contribution is 6.02. The minimum atomic E-state index is -0.964. The number of carboxylic acids is 1. The van der Waals surface area contributed by atoms with Crippen LogP contribution in [-0.4, -0.2) is 26.3 Å². The second-order valence-corrected chi connectivity index (χ2v) is 2.32. The van der Waals surface area contributed by atoms with Crippen molar-refractivity contribution in [3.63, 3.8) is 0 Å². The highest BCUT2D eigenvalue weighted by atomic mass is 16.4. The number of aromatic carboxylic acids is 1. The average molecular weight is 163 g/mol. The fraction of sp³-hybridized carbons (Fsp3) is 0. The molecule has 0 saturated carbocycles. The van der Waals surface area contributed by atoms with E-state index in [2.05, 4.69) is 15.2 Å². The highest BCUT2D eigenvalue weighted by Crippen LogP contribution is 2.14. The van der Waals surface area contributed by atoms with Crippen LogP contribution in [0, 0.1) is 0 Å². The Morgan fingerprint density at radius 3 is 2.92 bits per heavy atom. The van der Waals surface area contributed by atoms with Gasteiger partial charge in [0.1, 0.15) is 0 Å². The molecule has 0 spiro atoms. The molecule has 0 fully saturated rings. The van der Waals surface area contributed by atoms with Crippen LogP contribution in [0.5, 0.6) is 0 Å². The topological polar surface area (TPSA) is 78.9 Å². The minimum absolute atomic E-state index is 0.222. The van der Waals surface area contributed by atoms with Crippen LogP contribution in [0.15, 0.2) is 18.6 Å². The summed E-state index contributed by atoms with van der Waals surface area (Å²) in [4.78, 5) is 13.4. The van der Waals surface area contributed by atoms with E-state index in [0.717, 1.165) is 0 Å². The predicted octanol–water partition coefficient (Wildman–Crippen LogP) is 0.656. The molecule has 0 aliphatic heterocycles.